The molecule has 2 N–H and O–H groups in total. The molecule has 1 aliphatic heterocycles. The molecule has 1 amide bonds. The lowest BCUT2D eigenvalue weighted by molar-refractivity contribution is -0.917. The van der Waals surface area contributed by atoms with Gasteiger partial charge in [0.15, 0.2) is 6.04 Å². The van der Waals surface area contributed by atoms with E-state index < -0.39 is 10.0 Å². The van der Waals surface area contributed by atoms with Crippen LogP contribution in [0.2, 0.25) is 5.02 Å². The van der Waals surface area contributed by atoms with E-state index in [0.29, 0.717) is 32.1 Å². The predicted molar refractivity (Wildman–Crippen MR) is 110 cm³/mol. The monoisotopic (exact) mass is 428 g/mol. The van der Waals surface area contributed by atoms with Gasteiger partial charge in [0.1, 0.15) is 4.90 Å². The van der Waals surface area contributed by atoms with E-state index in [9.17, 15) is 13.2 Å². The number of hydrogen-bond donors (Lipinski definition) is 2. The predicted octanol–water partition coefficient (Wildman–Crippen LogP) is 1.31. The van der Waals surface area contributed by atoms with E-state index in [2.05, 4.69) is 12.2 Å². The molecular weight excluding hydrogens is 398 g/mol. The summed E-state index contributed by atoms with van der Waals surface area (Å²) in [5.74, 6) is 0.605. The van der Waals surface area contributed by atoms with Crippen molar-refractivity contribution < 1.29 is 18.1 Å². The summed E-state index contributed by atoms with van der Waals surface area (Å²) in [6.07, 6.45) is 4.65. The second kappa shape index (κ2) is 9.11. The van der Waals surface area contributed by atoms with Gasteiger partial charge in [0.05, 0.1) is 31.2 Å². The summed E-state index contributed by atoms with van der Waals surface area (Å²) in [6.45, 7) is 6.15. The maximum Gasteiger partial charge on any atom is 0.278 e. The van der Waals surface area contributed by atoms with Crippen molar-refractivity contribution in [1.82, 2.24) is 9.62 Å². The molecule has 1 heterocycles. The topological polar surface area (TPSA) is 70.9 Å². The van der Waals surface area contributed by atoms with E-state index in [1.54, 1.807) is 18.2 Å². The summed E-state index contributed by atoms with van der Waals surface area (Å²) >= 11 is 6.09. The number of benzene rings is 1. The van der Waals surface area contributed by atoms with Crippen LogP contribution in [-0.2, 0) is 14.8 Å². The Bertz CT molecular complexity index is 794. The Hall–Kier alpha value is -1.15. The summed E-state index contributed by atoms with van der Waals surface area (Å²) in [7, 11) is -3.60. The van der Waals surface area contributed by atoms with Crippen LogP contribution in [0.25, 0.3) is 0 Å². The van der Waals surface area contributed by atoms with Crippen molar-refractivity contribution >= 4 is 27.5 Å². The van der Waals surface area contributed by atoms with Gasteiger partial charge in [0, 0.05) is 6.04 Å². The van der Waals surface area contributed by atoms with E-state index in [0.717, 1.165) is 11.3 Å². The number of carbonyl (C=O) groups excluding carboxylic acids is 1. The first-order valence-corrected chi connectivity index (χ1v) is 12.0. The lowest BCUT2D eigenvalue weighted by Gasteiger charge is -2.36. The smallest absolute Gasteiger partial charge is 0.278 e. The molecule has 1 aromatic carbocycles. The standard InChI is InChI=1S/C20H30ClN3O3S/c1-15-7-3-5-9-18(15)22-20(25)16(2)23-11-13-24(14-12-23)28(26,27)19-10-6-4-8-17(19)21/h4,6,8,10,15-16,18H,3,5,7,9,11-14H2,1-2H3,(H,22,25)/p+1/t15-,16+,18-/m0/s1. The third kappa shape index (κ3) is 4.70. The third-order valence-electron chi connectivity index (χ3n) is 6.26. The molecule has 0 radical (unpaired) electrons. The van der Waals surface area contributed by atoms with Gasteiger partial charge in [-0.2, -0.15) is 4.31 Å². The van der Waals surface area contributed by atoms with Crippen LogP contribution in [-0.4, -0.2) is 56.9 Å². The molecular formula is C20H31ClN3O3S+. The molecule has 8 heteroatoms. The van der Waals surface area contributed by atoms with E-state index >= 15 is 0 Å². The summed E-state index contributed by atoms with van der Waals surface area (Å²) in [5, 5.41) is 3.47. The second-order valence-electron chi connectivity index (χ2n) is 8.09. The highest BCUT2D eigenvalue weighted by molar-refractivity contribution is 7.89. The highest BCUT2D eigenvalue weighted by atomic mass is 35.5. The molecule has 1 aliphatic carbocycles. The number of nitrogens with zero attached hydrogens (tertiary/aromatic N) is 1. The van der Waals surface area contributed by atoms with Crippen molar-refractivity contribution in [2.75, 3.05) is 26.2 Å². The molecule has 3 atom stereocenters. The van der Waals surface area contributed by atoms with Crippen molar-refractivity contribution in [2.45, 2.75) is 56.5 Å². The fraction of sp³-hybridized carbons (Fsp3) is 0.650. The van der Waals surface area contributed by atoms with Crippen LogP contribution in [0, 0.1) is 5.92 Å². The van der Waals surface area contributed by atoms with E-state index in [4.69, 9.17) is 11.6 Å². The van der Waals surface area contributed by atoms with E-state index in [1.807, 2.05) is 6.92 Å². The first-order valence-electron chi connectivity index (χ1n) is 10.2. The van der Waals surface area contributed by atoms with Gasteiger partial charge in [-0.1, -0.05) is 43.5 Å². The number of quaternary nitrogens is 1. The van der Waals surface area contributed by atoms with Crippen molar-refractivity contribution in [3.63, 3.8) is 0 Å². The second-order valence-corrected chi connectivity index (χ2v) is 10.4. The van der Waals surface area contributed by atoms with Crippen LogP contribution >= 0.6 is 11.6 Å². The number of piperazine rings is 1. The minimum atomic E-state index is -3.60. The summed E-state index contributed by atoms with van der Waals surface area (Å²) in [6, 6.07) is 6.62. The van der Waals surface area contributed by atoms with Gasteiger partial charge in [-0.05, 0) is 37.8 Å². The van der Waals surface area contributed by atoms with Crippen molar-refractivity contribution in [1.29, 1.82) is 0 Å². The highest BCUT2D eigenvalue weighted by Gasteiger charge is 2.36. The molecule has 0 unspecified atom stereocenters. The largest absolute Gasteiger partial charge is 0.348 e. The van der Waals surface area contributed by atoms with Gasteiger partial charge < -0.3 is 10.2 Å². The molecule has 0 bridgehead atoms. The molecule has 0 spiro atoms. The van der Waals surface area contributed by atoms with Gasteiger partial charge in [0.25, 0.3) is 5.91 Å². The highest BCUT2D eigenvalue weighted by Crippen LogP contribution is 2.25. The molecule has 0 aromatic heterocycles. The first kappa shape index (κ1) is 21.6. The number of sulfonamides is 1. The first-order chi connectivity index (χ1) is 13.3. The van der Waals surface area contributed by atoms with Gasteiger partial charge in [0.2, 0.25) is 10.0 Å². The number of nitrogens with one attached hydrogen (secondary N) is 2. The van der Waals surface area contributed by atoms with E-state index in [1.165, 1.54) is 29.6 Å². The normalized spacial score (nSPS) is 26.0. The van der Waals surface area contributed by atoms with Crippen molar-refractivity contribution in [2.24, 2.45) is 5.92 Å². The molecule has 2 aliphatic rings. The zero-order chi connectivity index (χ0) is 20.3. The molecule has 1 aromatic rings. The Balaban J connectivity index is 1.57. The number of carbonyl (C=O) groups is 1. The van der Waals surface area contributed by atoms with Gasteiger partial charge in [-0.25, -0.2) is 8.42 Å². The number of halogens is 1. The van der Waals surface area contributed by atoms with Gasteiger partial charge in [-0.15, -0.1) is 0 Å². The van der Waals surface area contributed by atoms with Crippen LogP contribution in [0.5, 0.6) is 0 Å². The van der Waals surface area contributed by atoms with Crippen LogP contribution in [0.1, 0.15) is 39.5 Å². The van der Waals surface area contributed by atoms with Crippen molar-refractivity contribution in [3.8, 4) is 0 Å². The number of hydrogen-bond acceptors (Lipinski definition) is 3. The number of amides is 1. The zero-order valence-electron chi connectivity index (χ0n) is 16.7. The quantitative estimate of drug-likeness (QED) is 0.742. The Morgan fingerprint density at radius 2 is 1.86 bits per heavy atom. The molecule has 28 heavy (non-hydrogen) atoms. The molecule has 156 valence electrons. The third-order valence-corrected chi connectivity index (χ3v) is 8.66. The Kier molecular flexibility index (Phi) is 7.02. The van der Waals surface area contributed by atoms with Crippen LogP contribution in [0.15, 0.2) is 29.2 Å². The molecule has 6 nitrogen and oxygen atoms in total. The van der Waals surface area contributed by atoms with Gasteiger partial charge in [-0.3, -0.25) is 4.79 Å². The Labute approximate surface area is 173 Å². The molecule has 2 fully saturated rings. The van der Waals surface area contributed by atoms with E-state index in [-0.39, 0.29) is 27.9 Å². The summed E-state index contributed by atoms with van der Waals surface area (Å²) in [5.41, 5.74) is 0. The molecule has 1 saturated carbocycles. The lowest BCUT2D eigenvalue weighted by Crippen LogP contribution is -3.19. The fourth-order valence-corrected chi connectivity index (χ4v) is 6.20. The van der Waals surface area contributed by atoms with Crippen LogP contribution < -0.4 is 10.2 Å². The maximum atomic E-state index is 12.9. The molecule has 1 saturated heterocycles. The Morgan fingerprint density at radius 3 is 2.50 bits per heavy atom. The van der Waals surface area contributed by atoms with Crippen LogP contribution in [0.4, 0.5) is 0 Å². The lowest BCUT2D eigenvalue weighted by atomic mass is 9.86. The minimum absolute atomic E-state index is 0.0798. The Morgan fingerprint density at radius 1 is 1.21 bits per heavy atom. The SMILES string of the molecule is C[C@H](C(=O)N[C@H]1CCCC[C@@H]1C)[NH+]1CCN(S(=O)(=O)c2ccccc2Cl)CC1. The zero-order valence-corrected chi connectivity index (χ0v) is 18.2. The van der Waals surface area contributed by atoms with Gasteiger partial charge >= 0.3 is 0 Å². The average molecular weight is 429 g/mol. The minimum Gasteiger partial charge on any atom is -0.348 e. The summed E-state index contributed by atoms with van der Waals surface area (Å²) < 4.78 is 27.2. The summed E-state index contributed by atoms with van der Waals surface area (Å²) in [4.78, 5) is 14.0. The maximum absolute atomic E-state index is 12.9. The number of rotatable bonds is 5. The molecule has 3 rings (SSSR count). The van der Waals surface area contributed by atoms with Crippen LogP contribution in [0.3, 0.4) is 0 Å². The van der Waals surface area contributed by atoms with Crippen molar-refractivity contribution in [3.05, 3.63) is 29.3 Å². The average Bonchev–Trinajstić information content (AvgIpc) is 2.69. The fourth-order valence-electron chi connectivity index (χ4n) is 4.26.